The van der Waals surface area contributed by atoms with Gasteiger partial charge in [0.25, 0.3) is 0 Å². The van der Waals surface area contributed by atoms with Gasteiger partial charge in [-0.05, 0) is 12.1 Å². The summed E-state index contributed by atoms with van der Waals surface area (Å²) in [6.07, 6.45) is 0. The zero-order valence-corrected chi connectivity index (χ0v) is 9.70. The fraction of sp³-hybridized carbons (Fsp3) is 0.417. The molecule has 3 rings (SSSR count). The zero-order chi connectivity index (χ0) is 12.7. The van der Waals surface area contributed by atoms with Gasteiger partial charge in [0.05, 0.1) is 6.67 Å². The number of nitrogens with zero attached hydrogens (tertiary/aromatic N) is 2. The van der Waals surface area contributed by atoms with Gasteiger partial charge in [0, 0.05) is 31.4 Å². The number of nitrogens with one attached hydrogen (secondary N) is 1. The molecule has 0 radical (unpaired) electrons. The molecule has 0 aromatic heterocycles. The van der Waals surface area contributed by atoms with Crippen molar-refractivity contribution in [3.63, 3.8) is 0 Å². The summed E-state index contributed by atoms with van der Waals surface area (Å²) < 4.78 is 26.1. The first-order valence-electron chi connectivity index (χ1n) is 5.88. The Balaban J connectivity index is 1.88. The van der Waals surface area contributed by atoms with E-state index in [2.05, 4.69) is 5.32 Å². The fourth-order valence-electron chi connectivity index (χ4n) is 2.45. The van der Waals surface area contributed by atoms with Crippen LogP contribution in [-0.2, 0) is 4.79 Å². The Morgan fingerprint density at radius 3 is 2.83 bits per heavy atom. The van der Waals surface area contributed by atoms with Crippen molar-refractivity contribution in [3.05, 3.63) is 29.8 Å². The van der Waals surface area contributed by atoms with Crippen LogP contribution in [0.5, 0.6) is 0 Å². The van der Waals surface area contributed by atoms with E-state index in [1.807, 2.05) is 4.90 Å². The summed E-state index contributed by atoms with van der Waals surface area (Å²) in [4.78, 5) is 15.7. The maximum Gasteiger partial charge on any atom is 0.246 e. The number of hydrogen-bond acceptors (Lipinski definition) is 3. The Morgan fingerprint density at radius 2 is 2.11 bits per heavy atom. The number of benzene rings is 1. The highest BCUT2D eigenvalue weighted by Crippen LogP contribution is 2.25. The van der Waals surface area contributed by atoms with Gasteiger partial charge in [0.15, 0.2) is 11.6 Å². The normalized spacial score (nSPS) is 24.4. The van der Waals surface area contributed by atoms with Crippen LogP contribution in [0.25, 0.3) is 0 Å². The van der Waals surface area contributed by atoms with Crippen LogP contribution in [0.15, 0.2) is 18.2 Å². The van der Waals surface area contributed by atoms with E-state index in [9.17, 15) is 13.6 Å². The van der Waals surface area contributed by atoms with Crippen LogP contribution in [-0.4, -0.2) is 43.2 Å². The average molecular weight is 253 g/mol. The van der Waals surface area contributed by atoms with Crippen molar-refractivity contribution in [1.82, 2.24) is 10.2 Å². The maximum absolute atomic E-state index is 13.2. The number of amides is 1. The summed E-state index contributed by atoms with van der Waals surface area (Å²) in [7, 11) is 0. The number of fused-ring (bicyclic) bond motifs is 1. The van der Waals surface area contributed by atoms with Crippen molar-refractivity contribution in [1.29, 1.82) is 0 Å². The minimum atomic E-state index is -0.928. The molecule has 0 spiro atoms. The van der Waals surface area contributed by atoms with Crippen molar-refractivity contribution < 1.29 is 13.6 Å². The standard InChI is InChI=1S/C12H13F2N3O/c13-9-2-1-8(5-10(9)14)17-7-16-4-3-15-6-11(16)12(17)18/h1-2,5,11,15H,3-4,6-7H2. The van der Waals surface area contributed by atoms with Gasteiger partial charge in [-0.1, -0.05) is 0 Å². The maximum atomic E-state index is 13.2. The van der Waals surface area contributed by atoms with Crippen LogP contribution in [0.3, 0.4) is 0 Å². The summed E-state index contributed by atoms with van der Waals surface area (Å²) >= 11 is 0. The van der Waals surface area contributed by atoms with E-state index in [0.717, 1.165) is 25.2 Å². The minimum Gasteiger partial charge on any atom is -0.313 e. The highest BCUT2D eigenvalue weighted by Gasteiger charge is 2.40. The third-order valence-corrected chi connectivity index (χ3v) is 3.44. The van der Waals surface area contributed by atoms with Gasteiger partial charge in [0.1, 0.15) is 6.04 Å². The minimum absolute atomic E-state index is 0.0618. The molecular formula is C12H13F2N3O. The predicted molar refractivity (Wildman–Crippen MR) is 62.1 cm³/mol. The third-order valence-electron chi connectivity index (χ3n) is 3.44. The molecule has 1 N–H and O–H groups in total. The molecule has 0 aliphatic carbocycles. The van der Waals surface area contributed by atoms with E-state index in [4.69, 9.17) is 0 Å². The van der Waals surface area contributed by atoms with Crippen LogP contribution >= 0.6 is 0 Å². The molecule has 2 fully saturated rings. The molecule has 2 heterocycles. The Kier molecular flexibility index (Phi) is 2.76. The fourth-order valence-corrected chi connectivity index (χ4v) is 2.45. The van der Waals surface area contributed by atoms with E-state index in [-0.39, 0.29) is 11.9 Å². The third kappa shape index (κ3) is 1.77. The Hall–Kier alpha value is -1.53. The van der Waals surface area contributed by atoms with E-state index < -0.39 is 11.6 Å². The van der Waals surface area contributed by atoms with Crippen LogP contribution < -0.4 is 10.2 Å². The van der Waals surface area contributed by atoms with Gasteiger partial charge >= 0.3 is 0 Å². The number of carbonyl (C=O) groups excluding carboxylic acids is 1. The Labute approximate surface area is 103 Å². The van der Waals surface area contributed by atoms with Crippen molar-refractivity contribution >= 4 is 11.6 Å². The second-order valence-electron chi connectivity index (χ2n) is 4.54. The monoisotopic (exact) mass is 253 g/mol. The summed E-state index contributed by atoms with van der Waals surface area (Å²) in [5.74, 6) is -1.89. The second-order valence-corrected chi connectivity index (χ2v) is 4.54. The molecule has 1 amide bonds. The topological polar surface area (TPSA) is 35.6 Å². The highest BCUT2D eigenvalue weighted by atomic mass is 19.2. The lowest BCUT2D eigenvalue weighted by Crippen LogP contribution is -2.50. The lowest BCUT2D eigenvalue weighted by atomic mass is 10.2. The lowest BCUT2D eigenvalue weighted by Gasteiger charge is -2.26. The molecule has 2 aliphatic rings. The molecule has 2 saturated heterocycles. The van der Waals surface area contributed by atoms with Gasteiger partial charge in [0.2, 0.25) is 5.91 Å². The smallest absolute Gasteiger partial charge is 0.246 e. The molecule has 6 heteroatoms. The second kappa shape index (κ2) is 4.29. The molecule has 0 saturated carbocycles. The molecule has 1 unspecified atom stereocenters. The largest absolute Gasteiger partial charge is 0.313 e. The van der Waals surface area contributed by atoms with E-state index in [0.29, 0.717) is 18.9 Å². The number of rotatable bonds is 1. The average Bonchev–Trinajstić information content (AvgIpc) is 2.71. The number of hydrogen-bond donors (Lipinski definition) is 1. The number of piperazine rings is 1. The highest BCUT2D eigenvalue weighted by molar-refractivity contribution is 5.99. The van der Waals surface area contributed by atoms with Crippen LogP contribution in [0, 0.1) is 11.6 Å². The Bertz CT molecular complexity index is 494. The summed E-state index contributed by atoms with van der Waals surface area (Å²) in [6, 6.07) is 3.36. The van der Waals surface area contributed by atoms with Crippen molar-refractivity contribution in [2.75, 3.05) is 31.2 Å². The van der Waals surface area contributed by atoms with E-state index in [1.54, 1.807) is 0 Å². The molecule has 2 aliphatic heterocycles. The number of halogens is 2. The first-order chi connectivity index (χ1) is 8.66. The first-order valence-corrected chi connectivity index (χ1v) is 5.88. The molecule has 96 valence electrons. The van der Waals surface area contributed by atoms with Crippen molar-refractivity contribution in [2.45, 2.75) is 6.04 Å². The molecule has 1 aromatic rings. The lowest BCUT2D eigenvalue weighted by molar-refractivity contribution is -0.119. The van der Waals surface area contributed by atoms with Crippen LogP contribution in [0.2, 0.25) is 0 Å². The van der Waals surface area contributed by atoms with Gasteiger partial charge in [-0.3, -0.25) is 14.6 Å². The van der Waals surface area contributed by atoms with Crippen LogP contribution in [0.1, 0.15) is 0 Å². The van der Waals surface area contributed by atoms with Gasteiger partial charge in [-0.15, -0.1) is 0 Å². The molecule has 0 bridgehead atoms. The van der Waals surface area contributed by atoms with E-state index in [1.165, 1.54) is 11.0 Å². The van der Waals surface area contributed by atoms with Gasteiger partial charge in [-0.2, -0.15) is 0 Å². The van der Waals surface area contributed by atoms with Gasteiger partial charge in [-0.25, -0.2) is 8.78 Å². The van der Waals surface area contributed by atoms with Gasteiger partial charge < -0.3 is 5.32 Å². The molecule has 4 nitrogen and oxygen atoms in total. The van der Waals surface area contributed by atoms with Crippen molar-refractivity contribution in [2.24, 2.45) is 0 Å². The summed E-state index contributed by atoms with van der Waals surface area (Å²) in [5, 5.41) is 3.16. The predicted octanol–water partition coefficient (Wildman–Crippen LogP) is 0.543. The molecule has 18 heavy (non-hydrogen) atoms. The number of anilines is 1. The first kappa shape index (κ1) is 11.6. The number of carbonyl (C=O) groups is 1. The Morgan fingerprint density at radius 1 is 1.28 bits per heavy atom. The zero-order valence-electron chi connectivity index (χ0n) is 9.70. The van der Waals surface area contributed by atoms with E-state index >= 15 is 0 Å². The SMILES string of the molecule is O=C1C2CNCCN2CN1c1ccc(F)c(F)c1. The quantitative estimate of drug-likeness (QED) is 0.793. The van der Waals surface area contributed by atoms with Crippen molar-refractivity contribution in [3.8, 4) is 0 Å². The summed E-state index contributed by atoms with van der Waals surface area (Å²) in [6.45, 7) is 2.68. The van der Waals surface area contributed by atoms with Crippen LogP contribution in [0.4, 0.5) is 14.5 Å². The summed E-state index contributed by atoms with van der Waals surface area (Å²) in [5.41, 5.74) is 0.410. The molecular weight excluding hydrogens is 240 g/mol. The molecule has 1 aromatic carbocycles. The molecule has 1 atom stereocenters.